The molecule has 0 radical (unpaired) electrons. The summed E-state index contributed by atoms with van der Waals surface area (Å²) in [6.45, 7) is 1.74. The molecule has 0 amide bonds. The van der Waals surface area contributed by atoms with Gasteiger partial charge in [0.05, 0.1) is 37.9 Å². The summed E-state index contributed by atoms with van der Waals surface area (Å²) < 4.78 is 38.6. The summed E-state index contributed by atoms with van der Waals surface area (Å²) in [7, 11) is -3.68. The second-order valence-electron chi connectivity index (χ2n) is 3.50. The molecule has 0 fully saturated rings. The number of alkyl halides is 1. The zero-order valence-corrected chi connectivity index (χ0v) is 12.9. The van der Waals surface area contributed by atoms with Crippen molar-refractivity contribution in [2.45, 2.75) is 4.90 Å². The number of rotatable bonds is 10. The zero-order chi connectivity index (χ0) is 14.0. The highest BCUT2D eigenvalue weighted by Gasteiger charge is 2.13. The van der Waals surface area contributed by atoms with Gasteiger partial charge >= 0.3 is 0 Å². The van der Waals surface area contributed by atoms with Crippen LogP contribution in [0.15, 0.2) is 35.2 Å². The lowest BCUT2D eigenvalue weighted by molar-refractivity contribution is 0.0423. The smallest absolute Gasteiger partial charge is 0.297 e. The molecule has 0 aromatic heterocycles. The molecule has 0 bridgehead atoms. The minimum absolute atomic E-state index is 0.00429. The third kappa shape index (κ3) is 7.03. The van der Waals surface area contributed by atoms with E-state index in [4.69, 9.17) is 13.7 Å². The molecule has 0 heterocycles. The first kappa shape index (κ1) is 16.6. The van der Waals surface area contributed by atoms with Gasteiger partial charge in [0.15, 0.2) is 0 Å². The first-order chi connectivity index (χ1) is 9.17. The van der Waals surface area contributed by atoms with E-state index in [-0.39, 0.29) is 18.1 Å². The Bertz CT molecular complexity index is 435. The predicted molar refractivity (Wildman–Crippen MR) is 75.0 cm³/mol. The first-order valence-electron chi connectivity index (χ1n) is 5.83. The van der Waals surface area contributed by atoms with Crippen LogP contribution in [0, 0.1) is 0 Å². The second kappa shape index (κ2) is 9.44. The van der Waals surface area contributed by atoms with Crippen LogP contribution in [0.3, 0.4) is 0 Å². The molecule has 1 aromatic rings. The van der Waals surface area contributed by atoms with Gasteiger partial charge in [-0.25, -0.2) is 0 Å². The molecular weight excluding hydrogens is 336 g/mol. The van der Waals surface area contributed by atoms with Crippen LogP contribution in [0.2, 0.25) is 0 Å². The van der Waals surface area contributed by atoms with Crippen molar-refractivity contribution in [1.82, 2.24) is 0 Å². The molecule has 0 saturated carbocycles. The Morgan fingerprint density at radius 2 is 1.47 bits per heavy atom. The molecule has 0 saturated heterocycles. The van der Waals surface area contributed by atoms with E-state index in [9.17, 15) is 8.42 Å². The molecule has 0 atom stereocenters. The van der Waals surface area contributed by atoms with Crippen LogP contribution < -0.4 is 0 Å². The largest absolute Gasteiger partial charge is 0.378 e. The Kier molecular flexibility index (Phi) is 8.24. The fraction of sp³-hybridized carbons (Fsp3) is 0.500. The first-order valence-corrected chi connectivity index (χ1v) is 8.36. The molecule has 1 aromatic carbocycles. The Morgan fingerprint density at radius 3 is 2.11 bits per heavy atom. The number of benzene rings is 1. The van der Waals surface area contributed by atoms with Gasteiger partial charge in [-0.15, -0.1) is 0 Å². The van der Waals surface area contributed by atoms with Crippen molar-refractivity contribution >= 4 is 26.0 Å². The molecule has 5 nitrogen and oxygen atoms in total. The van der Waals surface area contributed by atoms with Crippen LogP contribution in [0.1, 0.15) is 0 Å². The molecule has 0 aliphatic carbocycles. The van der Waals surface area contributed by atoms with Gasteiger partial charge in [0.25, 0.3) is 10.1 Å². The number of hydrogen-bond acceptors (Lipinski definition) is 5. The summed E-state index contributed by atoms with van der Waals surface area (Å²) >= 11 is 3.23. The van der Waals surface area contributed by atoms with Crippen molar-refractivity contribution in [1.29, 1.82) is 0 Å². The highest BCUT2D eigenvalue weighted by atomic mass is 79.9. The Labute approximate surface area is 122 Å². The maximum absolute atomic E-state index is 11.7. The van der Waals surface area contributed by atoms with E-state index in [0.717, 1.165) is 5.33 Å². The van der Waals surface area contributed by atoms with Crippen LogP contribution >= 0.6 is 15.9 Å². The standard InChI is InChI=1S/C12H17BrO5S/c13-6-7-16-8-9-17-10-11-18-19(14,15)12-4-2-1-3-5-12/h1-5H,6-11H2. The molecule has 1 rings (SSSR count). The van der Waals surface area contributed by atoms with Crippen LogP contribution in [0.25, 0.3) is 0 Å². The van der Waals surface area contributed by atoms with Gasteiger partial charge in [0.2, 0.25) is 0 Å². The lowest BCUT2D eigenvalue weighted by atomic mass is 10.4. The molecule has 7 heteroatoms. The van der Waals surface area contributed by atoms with Gasteiger partial charge in [-0.2, -0.15) is 8.42 Å². The topological polar surface area (TPSA) is 61.8 Å². The monoisotopic (exact) mass is 352 g/mol. The third-order valence-electron chi connectivity index (χ3n) is 2.09. The summed E-state index contributed by atoms with van der Waals surface area (Å²) in [4.78, 5) is 0.149. The van der Waals surface area contributed by atoms with Crippen molar-refractivity contribution in [3.8, 4) is 0 Å². The number of hydrogen-bond donors (Lipinski definition) is 0. The van der Waals surface area contributed by atoms with E-state index in [1.807, 2.05) is 0 Å². The SMILES string of the molecule is O=S(=O)(OCCOCCOCCBr)c1ccccc1. The molecule has 0 unspecified atom stereocenters. The predicted octanol–water partition coefficient (Wildman–Crippen LogP) is 1.82. The maximum Gasteiger partial charge on any atom is 0.297 e. The highest BCUT2D eigenvalue weighted by Crippen LogP contribution is 2.10. The second-order valence-corrected chi connectivity index (χ2v) is 5.91. The average molecular weight is 353 g/mol. The van der Waals surface area contributed by atoms with Crippen LogP contribution in [0.4, 0.5) is 0 Å². The fourth-order valence-electron chi connectivity index (χ4n) is 1.23. The summed E-state index contributed by atoms with van der Waals surface area (Å²) in [6, 6.07) is 8.02. The lowest BCUT2D eigenvalue weighted by Crippen LogP contribution is -2.13. The minimum atomic E-state index is -3.68. The van der Waals surface area contributed by atoms with Crippen molar-refractivity contribution in [3.63, 3.8) is 0 Å². The van der Waals surface area contributed by atoms with Crippen LogP contribution in [-0.2, 0) is 23.8 Å². The zero-order valence-electron chi connectivity index (χ0n) is 10.5. The maximum atomic E-state index is 11.7. The van der Waals surface area contributed by atoms with Crippen molar-refractivity contribution in [2.75, 3.05) is 38.4 Å². The summed E-state index contributed by atoms with van der Waals surface area (Å²) in [5, 5.41) is 0.783. The Morgan fingerprint density at radius 1 is 0.895 bits per heavy atom. The van der Waals surface area contributed by atoms with E-state index in [1.54, 1.807) is 18.2 Å². The molecule has 0 aliphatic rings. The van der Waals surface area contributed by atoms with E-state index < -0.39 is 10.1 Å². The van der Waals surface area contributed by atoms with Gasteiger partial charge in [-0.05, 0) is 12.1 Å². The Balaban J connectivity index is 2.15. The summed E-state index contributed by atoms with van der Waals surface area (Å²) in [6.07, 6.45) is 0. The molecule has 0 spiro atoms. The number of halogens is 1. The molecule has 19 heavy (non-hydrogen) atoms. The van der Waals surface area contributed by atoms with E-state index in [2.05, 4.69) is 15.9 Å². The van der Waals surface area contributed by atoms with Gasteiger partial charge in [-0.1, -0.05) is 34.1 Å². The molecule has 0 N–H and O–H groups in total. The minimum Gasteiger partial charge on any atom is -0.378 e. The van der Waals surface area contributed by atoms with E-state index in [1.165, 1.54) is 12.1 Å². The molecular formula is C12H17BrO5S. The summed E-state index contributed by atoms with van der Waals surface area (Å²) in [5.74, 6) is 0. The molecule has 0 aliphatic heterocycles. The fourth-order valence-corrected chi connectivity index (χ4v) is 2.38. The van der Waals surface area contributed by atoms with Crippen molar-refractivity contribution in [2.24, 2.45) is 0 Å². The van der Waals surface area contributed by atoms with Crippen LogP contribution in [0.5, 0.6) is 0 Å². The van der Waals surface area contributed by atoms with Gasteiger partial charge in [0, 0.05) is 5.33 Å². The van der Waals surface area contributed by atoms with Gasteiger partial charge in [-0.3, -0.25) is 4.18 Å². The average Bonchev–Trinajstić information content (AvgIpc) is 2.43. The lowest BCUT2D eigenvalue weighted by Gasteiger charge is -2.06. The summed E-state index contributed by atoms with van der Waals surface area (Å²) in [5.41, 5.74) is 0. The highest BCUT2D eigenvalue weighted by molar-refractivity contribution is 9.09. The molecule has 108 valence electrons. The number of ether oxygens (including phenoxy) is 2. The van der Waals surface area contributed by atoms with Crippen molar-refractivity contribution in [3.05, 3.63) is 30.3 Å². The van der Waals surface area contributed by atoms with E-state index in [0.29, 0.717) is 19.8 Å². The van der Waals surface area contributed by atoms with Gasteiger partial charge in [0.1, 0.15) is 0 Å². The Hall–Kier alpha value is -0.470. The van der Waals surface area contributed by atoms with Crippen molar-refractivity contribution < 1.29 is 22.1 Å². The van der Waals surface area contributed by atoms with E-state index >= 15 is 0 Å². The normalized spacial score (nSPS) is 11.6. The van der Waals surface area contributed by atoms with Gasteiger partial charge < -0.3 is 9.47 Å². The quantitative estimate of drug-likeness (QED) is 0.365. The third-order valence-corrected chi connectivity index (χ3v) is 3.74. The van der Waals surface area contributed by atoms with Crippen LogP contribution in [-0.4, -0.2) is 46.8 Å².